The second-order valence-electron chi connectivity index (χ2n) is 14.9. The molecule has 0 aromatic carbocycles. The Morgan fingerprint density at radius 3 is 2.77 bits per heavy atom. The van der Waals surface area contributed by atoms with E-state index in [1.165, 1.54) is 29.7 Å². The van der Waals surface area contributed by atoms with Gasteiger partial charge in [-0.1, -0.05) is 78.2 Å². The second-order valence-corrected chi connectivity index (χ2v) is 16.1. The molecule has 2 saturated heterocycles. The fourth-order valence-electron chi connectivity index (χ4n) is 7.67. The van der Waals surface area contributed by atoms with Crippen molar-refractivity contribution < 1.29 is 31.7 Å². The summed E-state index contributed by atoms with van der Waals surface area (Å²) >= 11 is 1.83. The van der Waals surface area contributed by atoms with Gasteiger partial charge in [-0.05, 0) is 55.0 Å². The first-order valence-corrected chi connectivity index (χ1v) is 17.9. The molecule has 7 aliphatic rings. The average Bonchev–Trinajstić information content (AvgIpc) is 3.64. The van der Waals surface area contributed by atoms with Gasteiger partial charge < -0.3 is 21.1 Å². The van der Waals surface area contributed by atoms with Crippen LogP contribution in [0.5, 0.6) is 0 Å². The van der Waals surface area contributed by atoms with E-state index in [2.05, 4.69) is 55.7 Å². The number of fused-ring (bicyclic) bond motifs is 4. The van der Waals surface area contributed by atoms with Gasteiger partial charge in [0.2, 0.25) is 0 Å². The predicted octanol–water partition coefficient (Wildman–Crippen LogP) is 10.0. The summed E-state index contributed by atoms with van der Waals surface area (Å²) in [6.07, 6.45) is 15.5. The van der Waals surface area contributed by atoms with E-state index in [-0.39, 0.29) is 49.2 Å². The van der Waals surface area contributed by atoms with Gasteiger partial charge in [-0.3, -0.25) is 11.1 Å². The van der Waals surface area contributed by atoms with Crippen LogP contribution < -0.4 is 0 Å². The van der Waals surface area contributed by atoms with E-state index in [0.29, 0.717) is 30.5 Å². The first-order valence-electron chi connectivity index (χ1n) is 19.3. The molecule has 0 saturated carbocycles. The molecule has 9 atom stereocenters. The van der Waals surface area contributed by atoms with Gasteiger partial charge in [-0.2, -0.15) is 23.4 Å². The molecule has 0 aromatic heterocycles. The summed E-state index contributed by atoms with van der Waals surface area (Å²) in [7, 11) is 0. The van der Waals surface area contributed by atoms with Crippen LogP contribution in [0.3, 0.4) is 0 Å². The third-order valence-corrected chi connectivity index (χ3v) is 11.7. The van der Waals surface area contributed by atoms with E-state index in [0.717, 1.165) is 55.2 Å². The molecule has 4 unspecified atom stereocenters. The molecule has 2 aliphatic carbocycles. The largest absolute Gasteiger partial charge is 0.769 e. The molecule has 0 N–H and O–H groups in total. The number of allylic oxidation sites excluding steroid dienone is 4. The number of hydrogen-bond donors (Lipinski definition) is 0. The second kappa shape index (κ2) is 14.4. The summed E-state index contributed by atoms with van der Waals surface area (Å²) in [6.45, 7) is 12.3. The summed E-state index contributed by atoms with van der Waals surface area (Å²) in [5.74, 6) is 4.37. The van der Waals surface area contributed by atoms with E-state index < -0.39 is 24.9 Å². The Hall–Kier alpha value is -0.941. The summed E-state index contributed by atoms with van der Waals surface area (Å²) in [5.41, 5.74) is 4.83. The van der Waals surface area contributed by atoms with E-state index in [9.17, 15) is 0 Å². The molecular weight excluding hydrogens is 739 g/mol. The van der Waals surface area contributed by atoms with Crippen molar-refractivity contribution in [1.29, 1.82) is 0 Å². The number of nitrogens with zero attached hydrogens (tertiary/aromatic N) is 3. The van der Waals surface area contributed by atoms with Crippen molar-refractivity contribution in [3.8, 4) is 0 Å². The van der Waals surface area contributed by atoms with Gasteiger partial charge in [0, 0.05) is 49.6 Å². The van der Waals surface area contributed by atoms with Crippen LogP contribution in [0.4, 0.5) is 0 Å². The molecule has 2 fully saturated rings. The first kappa shape index (κ1) is 28.1. The minimum Gasteiger partial charge on any atom is -0.769 e. The van der Waals surface area contributed by atoms with Crippen LogP contribution in [-0.2, 0) is 24.8 Å². The minimum absolute atomic E-state index is 0. The standard InChI is InChI=1S/C24H34N2OS.C14H21N.Ir/c1-14-8-9-18-17-6-5-7-19(21(17)27-23(18)26-14)20-22-16(10-11-25-20)15(13-28-22)12-24(2,3)4;1-10-4-6-13(7-5-10)14-8-11(2)12(3)9-15-14;/h7,10,15,17-18,20,22-23H,5-6,8-9,11-13H2,1-4H3;8,10-12H,4-6,9H2,1-3H3;/q2*-2;/t15-,17?,18?,20+,22?,23?;10-,11+,12-;/m11./s1/i1D3,12D2;;. The van der Waals surface area contributed by atoms with Crippen molar-refractivity contribution in [3.05, 3.63) is 63.5 Å². The van der Waals surface area contributed by atoms with Crippen molar-refractivity contribution >= 4 is 17.5 Å². The monoisotopic (exact) mass is 799 g/mol. The maximum atomic E-state index is 8.88. The maximum absolute atomic E-state index is 8.88. The van der Waals surface area contributed by atoms with Crippen LogP contribution in [0.1, 0.15) is 107 Å². The van der Waals surface area contributed by atoms with Crippen LogP contribution in [0, 0.1) is 53.4 Å². The maximum Gasteiger partial charge on any atom is 0.171 e. The molecule has 247 valence electrons. The number of hydrogen-bond acceptors (Lipinski definition) is 3. The van der Waals surface area contributed by atoms with Gasteiger partial charge in [-0.15, -0.1) is 38.0 Å². The number of aliphatic imine (C=N–C) groups is 1. The fourth-order valence-corrected chi connectivity index (χ4v) is 9.21. The van der Waals surface area contributed by atoms with E-state index in [1.54, 1.807) is 0 Å². The Balaban J connectivity index is 0.000000246. The zero-order chi connectivity index (χ0) is 34.6. The zero-order valence-corrected chi connectivity index (χ0v) is 30.7. The third kappa shape index (κ3) is 7.61. The van der Waals surface area contributed by atoms with E-state index >= 15 is 0 Å². The fraction of sp³-hybridized carbons (Fsp3) is 0.737. The van der Waals surface area contributed by atoms with Crippen LogP contribution in [0.15, 0.2) is 45.3 Å². The van der Waals surface area contributed by atoms with Crippen molar-refractivity contribution in [2.75, 3.05) is 18.8 Å². The molecule has 5 aliphatic heterocycles. The first-order chi connectivity index (χ1) is 22.6. The summed E-state index contributed by atoms with van der Waals surface area (Å²) in [4.78, 5) is 4.54. The number of thioether (sulfide) groups is 1. The Kier molecular flexibility index (Phi) is 9.23. The van der Waals surface area contributed by atoms with Crippen molar-refractivity contribution in [3.63, 3.8) is 0 Å². The number of ether oxygens (including phenoxy) is 1. The van der Waals surface area contributed by atoms with E-state index in [1.807, 2.05) is 32.5 Å². The van der Waals surface area contributed by atoms with Gasteiger partial charge >= 0.3 is 0 Å². The molecule has 0 spiro atoms. The molecular formula is C38H55IrN3OS-4. The van der Waals surface area contributed by atoms with Gasteiger partial charge in [0.15, 0.2) is 6.23 Å². The third-order valence-electron chi connectivity index (χ3n) is 10.3. The summed E-state index contributed by atoms with van der Waals surface area (Å²) < 4.78 is 47.4. The van der Waals surface area contributed by atoms with Crippen molar-refractivity contribution in [2.45, 2.75) is 117 Å². The molecule has 44 heavy (non-hydrogen) atoms. The molecule has 0 aromatic rings. The molecule has 5 heterocycles. The minimum atomic E-state index is -2.15. The topological polar surface area (TPSA) is 49.8 Å². The van der Waals surface area contributed by atoms with Crippen LogP contribution in [0.25, 0.3) is 10.6 Å². The van der Waals surface area contributed by atoms with Gasteiger partial charge in [0.25, 0.3) is 0 Å². The van der Waals surface area contributed by atoms with Gasteiger partial charge in [0.05, 0.1) is 0 Å². The molecule has 7 rings (SSSR count). The van der Waals surface area contributed by atoms with Crippen LogP contribution >= 0.6 is 11.8 Å². The average molecular weight is 799 g/mol. The van der Waals surface area contributed by atoms with E-state index in [4.69, 9.17) is 16.9 Å². The summed E-state index contributed by atoms with van der Waals surface area (Å²) in [5, 5.41) is 9.81. The Labute approximate surface area is 293 Å². The zero-order valence-electron chi connectivity index (χ0n) is 32.5. The normalized spacial score (nSPS) is 40.2. The number of rotatable bonds is 3. The SMILES string of the molecule is C[C@H]1C[C-]=C(C2=C[C@H](C)[C@H](C)C[N-]2)CC1.[2H]C([2H])([2H])C1=NC2OC3=C([C@@H]4[N-]CC=C5C4SC[C@H]5C([2H])([2H])C(C)(C)C)[CH-]CCC3C2CC1.[Ir]. The Bertz CT molecular complexity index is 1380. The Morgan fingerprint density at radius 2 is 2.05 bits per heavy atom. The quantitative estimate of drug-likeness (QED) is 0.211. The molecule has 6 heteroatoms. The molecule has 1 radical (unpaired) electrons. The molecule has 0 bridgehead atoms. The van der Waals surface area contributed by atoms with Crippen LogP contribution in [-0.4, -0.2) is 42.1 Å². The van der Waals surface area contributed by atoms with Crippen molar-refractivity contribution in [1.82, 2.24) is 0 Å². The van der Waals surface area contributed by atoms with Crippen molar-refractivity contribution in [2.24, 2.45) is 45.9 Å². The van der Waals surface area contributed by atoms with Gasteiger partial charge in [-0.25, -0.2) is 12.0 Å². The molecule has 0 amide bonds. The van der Waals surface area contributed by atoms with Gasteiger partial charge in [0.1, 0.15) is 0 Å². The predicted molar refractivity (Wildman–Crippen MR) is 183 cm³/mol. The molecule has 4 nitrogen and oxygen atoms in total. The smallest absolute Gasteiger partial charge is 0.171 e. The Morgan fingerprint density at radius 1 is 1.20 bits per heavy atom. The van der Waals surface area contributed by atoms with Crippen LogP contribution in [0.2, 0.25) is 0 Å². The summed E-state index contributed by atoms with van der Waals surface area (Å²) in [6, 6.07) is -0.0280.